The summed E-state index contributed by atoms with van der Waals surface area (Å²) in [5, 5.41) is 0. The zero-order valence-electron chi connectivity index (χ0n) is 12.4. The summed E-state index contributed by atoms with van der Waals surface area (Å²) < 4.78 is 19.4. The lowest BCUT2D eigenvalue weighted by Crippen LogP contribution is -2.12. The average Bonchev–Trinajstić information content (AvgIpc) is 2.38. The maximum absolute atomic E-state index is 13.5. The van der Waals surface area contributed by atoms with E-state index in [4.69, 9.17) is 22.7 Å². The third-order valence-corrected chi connectivity index (χ3v) is 3.50. The first-order chi connectivity index (χ1) is 9.88. The maximum atomic E-state index is 13.5. The highest BCUT2D eigenvalue weighted by Crippen LogP contribution is 2.25. The van der Waals surface area contributed by atoms with Crippen molar-refractivity contribution >= 4 is 17.2 Å². The number of thiocarbonyl (C=S) groups is 1. The lowest BCUT2D eigenvalue weighted by molar-refractivity contribution is 0.301. The minimum atomic E-state index is -0.408. The zero-order chi connectivity index (χ0) is 15.6. The molecule has 0 bridgehead atoms. The molecule has 0 atom stereocenters. The van der Waals surface area contributed by atoms with Crippen LogP contribution in [0.5, 0.6) is 5.75 Å². The van der Waals surface area contributed by atoms with E-state index in [2.05, 4.69) is 19.1 Å². The number of hydrogen-bond donors (Lipinski definition) is 1. The van der Waals surface area contributed by atoms with Gasteiger partial charge < -0.3 is 10.5 Å². The molecule has 2 nitrogen and oxygen atoms in total. The topological polar surface area (TPSA) is 35.2 Å². The second kappa shape index (κ2) is 6.22. The van der Waals surface area contributed by atoms with Gasteiger partial charge in [0.2, 0.25) is 0 Å². The third-order valence-electron chi connectivity index (χ3n) is 3.28. The van der Waals surface area contributed by atoms with E-state index in [1.54, 1.807) is 12.1 Å². The Kier molecular flexibility index (Phi) is 4.58. The Labute approximate surface area is 129 Å². The minimum Gasteiger partial charge on any atom is -0.488 e. The molecule has 2 rings (SSSR count). The van der Waals surface area contributed by atoms with Gasteiger partial charge in [-0.1, -0.05) is 36.0 Å². The van der Waals surface area contributed by atoms with Crippen LogP contribution in [0.1, 0.15) is 27.8 Å². The van der Waals surface area contributed by atoms with E-state index in [0.717, 1.165) is 22.4 Å². The summed E-state index contributed by atoms with van der Waals surface area (Å²) in [5.41, 5.74) is 9.97. The Morgan fingerprint density at radius 1 is 1.14 bits per heavy atom. The standard InChI is InChI=1S/C17H18FNOS/c1-10-6-11(2)16(12(3)7-10)20-9-13-4-5-15(18)14(8-13)17(19)21/h4-8H,9H2,1-3H3,(H2,19,21). The van der Waals surface area contributed by atoms with Crippen LogP contribution in [0.3, 0.4) is 0 Å². The van der Waals surface area contributed by atoms with Crippen molar-refractivity contribution in [3.63, 3.8) is 0 Å². The van der Waals surface area contributed by atoms with Crippen molar-refractivity contribution in [3.05, 3.63) is 64.0 Å². The summed E-state index contributed by atoms with van der Waals surface area (Å²) in [6, 6.07) is 8.83. The first kappa shape index (κ1) is 15.4. The van der Waals surface area contributed by atoms with Crippen molar-refractivity contribution in [2.75, 3.05) is 0 Å². The van der Waals surface area contributed by atoms with E-state index < -0.39 is 5.82 Å². The van der Waals surface area contributed by atoms with Gasteiger partial charge in [-0.25, -0.2) is 4.39 Å². The molecule has 2 aromatic rings. The third kappa shape index (κ3) is 3.58. The van der Waals surface area contributed by atoms with E-state index in [-0.39, 0.29) is 10.6 Å². The van der Waals surface area contributed by atoms with Gasteiger partial charge in [-0.3, -0.25) is 0 Å². The molecule has 0 spiro atoms. The van der Waals surface area contributed by atoms with Gasteiger partial charge in [0.1, 0.15) is 23.2 Å². The number of hydrogen-bond acceptors (Lipinski definition) is 2. The zero-order valence-corrected chi connectivity index (χ0v) is 13.2. The van der Waals surface area contributed by atoms with Crippen LogP contribution in [0, 0.1) is 26.6 Å². The van der Waals surface area contributed by atoms with Gasteiger partial charge in [-0.2, -0.15) is 0 Å². The largest absolute Gasteiger partial charge is 0.488 e. The number of rotatable bonds is 4. The highest BCUT2D eigenvalue weighted by Gasteiger charge is 2.09. The molecule has 2 N–H and O–H groups in total. The molecule has 110 valence electrons. The van der Waals surface area contributed by atoms with Gasteiger partial charge in [0.15, 0.2) is 0 Å². The van der Waals surface area contributed by atoms with Crippen LogP contribution in [0.15, 0.2) is 30.3 Å². The van der Waals surface area contributed by atoms with E-state index in [9.17, 15) is 4.39 Å². The van der Waals surface area contributed by atoms with E-state index >= 15 is 0 Å². The molecule has 0 aliphatic rings. The molecule has 0 fully saturated rings. The fourth-order valence-electron chi connectivity index (χ4n) is 2.40. The molecule has 4 heteroatoms. The van der Waals surface area contributed by atoms with Crippen LogP contribution in [0.25, 0.3) is 0 Å². The molecule has 0 unspecified atom stereocenters. The lowest BCUT2D eigenvalue weighted by Gasteiger charge is -2.14. The molecule has 0 aliphatic carbocycles. The van der Waals surface area contributed by atoms with Crippen LogP contribution in [0.2, 0.25) is 0 Å². The molecule has 0 saturated heterocycles. The summed E-state index contributed by atoms with van der Waals surface area (Å²) >= 11 is 4.84. The van der Waals surface area contributed by atoms with Gasteiger partial charge in [0.05, 0.1) is 0 Å². The molecule has 0 saturated carbocycles. The summed E-state index contributed by atoms with van der Waals surface area (Å²) in [6.07, 6.45) is 0. The number of aryl methyl sites for hydroxylation is 3. The predicted octanol–water partition coefficient (Wildman–Crippen LogP) is 3.96. The van der Waals surface area contributed by atoms with Gasteiger partial charge in [-0.15, -0.1) is 0 Å². The van der Waals surface area contributed by atoms with Gasteiger partial charge in [0.25, 0.3) is 0 Å². The van der Waals surface area contributed by atoms with Gasteiger partial charge in [0, 0.05) is 5.56 Å². The van der Waals surface area contributed by atoms with Crippen LogP contribution < -0.4 is 10.5 Å². The monoisotopic (exact) mass is 303 g/mol. The molecule has 0 aromatic heterocycles. The van der Waals surface area contributed by atoms with Crippen molar-refractivity contribution in [1.82, 2.24) is 0 Å². The van der Waals surface area contributed by atoms with E-state index in [1.807, 2.05) is 13.8 Å². The second-order valence-electron chi connectivity index (χ2n) is 5.19. The summed E-state index contributed by atoms with van der Waals surface area (Å²) in [4.78, 5) is 0.0528. The lowest BCUT2D eigenvalue weighted by atomic mass is 10.1. The van der Waals surface area contributed by atoms with Crippen LogP contribution in [0.4, 0.5) is 4.39 Å². The first-order valence-electron chi connectivity index (χ1n) is 6.67. The molecule has 0 amide bonds. The minimum absolute atomic E-state index is 0.0528. The Hall–Kier alpha value is -1.94. The molecule has 0 heterocycles. The molecule has 0 radical (unpaired) electrons. The first-order valence-corrected chi connectivity index (χ1v) is 7.08. The fraction of sp³-hybridized carbons (Fsp3) is 0.235. The molecule has 2 aromatic carbocycles. The van der Waals surface area contributed by atoms with Crippen molar-refractivity contribution in [2.24, 2.45) is 5.73 Å². The quantitative estimate of drug-likeness (QED) is 0.868. The second-order valence-corrected chi connectivity index (χ2v) is 5.63. The maximum Gasteiger partial charge on any atom is 0.133 e. The van der Waals surface area contributed by atoms with Crippen molar-refractivity contribution in [3.8, 4) is 5.75 Å². The van der Waals surface area contributed by atoms with Gasteiger partial charge >= 0.3 is 0 Å². The number of ether oxygens (including phenoxy) is 1. The van der Waals surface area contributed by atoms with E-state index in [1.165, 1.54) is 11.6 Å². The summed E-state index contributed by atoms with van der Waals surface area (Å²) in [5.74, 6) is 0.454. The van der Waals surface area contributed by atoms with Crippen molar-refractivity contribution in [1.29, 1.82) is 0 Å². The smallest absolute Gasteiger partial charge is 0.133 e. The number of halogens is 1. The van der Waals surface area contributed by atoms with Crippen LogP contribution in [-0.4, -0.2) is 4.99 Å². The number of nitrogens with two attached hydrogens (primary N) is 1. The number of benzene rings is 2. The Balaban J connectivity index is 2.21. The Morgan fingerprint density at radius 2 is 1.76 bits per heavy atom. The Morgan fingerprint density at radius 3 is 2.33 bits per heavy atom. The summed E-state index contributed by atoms with van der Waals surface area (Å²) in [7, 11) is 0. The normalized spacial score (nSPS) is 10.5. The highest BCUT2D eigenvalue weighted by molar-refractivity contribution is 7.80. The predicted molar refractivity (Wildman–Crippen MR) is 87.3 cm³/mol. The van der Waals surface area contributed by atoms with Gasteiger partial charge in [-0.05, 0) is 49.6 Å². The van der Waals surface area contributed by atoms with Crippen molar-refractivity contribution < 1.29 is 9.13 Å². The van der Waals surface area contributed by atoms with Crippen LogP contribution >= 0.6 is 12.2 Å². The molecule has 0 aliphatic heterocycles. The SMILES string of the molecule is Cc1cc(C)c(OCc2ccc(F)c(C(N)=S)c2)c(C)c1. The summed E-state index contributed by atoms with van der Waals surface area (Å²) in [6.45, 7) is 6.43. The van der Waals surface area contributed by atoms with Crippen molar-refractivity contribution in [2.45, 2.75) is 27.4 Å². The molecule has 21 heavy (non-hydrogen) atoms. The highest BCUT2D eigenvalue weighted by atomic mass is 32.1. The molecular weight excluding hydrogens is 285 g/mol. The van der Waals surface area contributed by atoms with E-state index in [0.29, 0.717) is 6.61 Å². The molecular formula is C17H18FNOS. The average molecular weight is 303 g/mol. The van der Waals surface area contributed by atoms with Crippen LogP contribution in [-0.2, 0) is 6.61 Å². The Bertz CT molecular complexity index is 674. The fourth-order valence-corrected chi connectivity index (χ4v) is 2.56.